The summed E-state index contributed by atoms with van der Waals surface area (Å²) in [5.74, 6) is -1.18. The van der Waals surface area contributed by atoms with E-state index in [0.29, 0.717) is 24.2 Å². The normalized spacial score (nSPS) is 18.9. The number of carboxylic acid groups (broad SMARTS) is 1. The minimum Gasteiger partial charge on any atom is -0.496 e. The SMILES string of the molecule is COc1ccc(F)c(Cl)c1[C@@H](C)c1c[nH]c2ncc(-c3cn(C4CCC(C(=O)O)CC4)nc3C)cc12. The largest absolute Gasteiger partial charge is 0.496 e. The topological polar surface area (TPSA) is 93.0 Å². The number of pyridine rings is 1. The highest BCUT2D eigenvalue weighted by molar-refractivity contribution is 6.31. The second-order valence-corrected chi connectivity index (χ2v) is 9.89. The van der Waals surface area contributed by atoms with Crippen molar-refractivity contribution in [2.75, 3.05) is 7.11 Å². The Morgan fingerprint density at radius 3 is 2.75 bits per heavy atom. The number of fused-ring (bicyclic) bond motifs is 1. The number of carboxylic acids is 1. The number of rotatable bonds is 6. The second-order valence-electron chi connectivity index (χ2n) is 9.52. The molecule has 0 spiro atoms. The Labute approximate surface area is 213 Å². The highest BCUT2D eigenvalue weighted by Gasteiger charge is 2.28. The van der Waals surface area contributed by atoms with Crippen LogP contribution in [0.2, 0.25) is 5.02 Å². The lowest BCUT2D eigenvalue weighted by Crippen LogP contribution is -2.23. The van der Waals surface area contributed by atoms with Crippen molar-refractivity contribution in [1.29, 1.82) is 0 Å². The van der Waals surface area contributed by atoms with Gasteiger partial charge >= 0.3 is 5.97 Å². The molecule has 1 saturated carbocycles. The third kappa shape index (κ3) is 4.23. The van der Waals surface area contributed by atoms with Crippen LogP contribution in [0.4, 0.5) is 4.39 Å². The van der Waals surface area contributed by atoms with E-state index in [0.717, 1.165) is 46.3 Å². The van der Waals surface area contributed by atoms with Crippen molar-refractivity contribution in [2.45, 2.75) is 51.5 Å². The zero-order chi connectivity index (χ0) is 25.6. The molecular formula is C27H28ClFN4O3. The van der Waals surface area contributed by atoms with Gasteiger partial charge in [0.05, 0.1) is 29.8 Å². The lowest BCUT2D eigenvalue weighted by Gasteiger charge is -2.26. The molecule has 0 aliphatic heterocycles. The molecule has 5 rings (SSSR count). The van der Waals surface area contributed by atoms with Gasteiger partial charge in [0.25, 0.3) is 0 Å². The van der Waals surface area contributed by atoms with Crippen molar-refractivity contribution in [3.63, 3.8) is 0 Å². The van der Waals surface area contributed by atoms with Crippen LogP contribution in [0.5, 0.6) is 5.75 Å². The van der Waals surface area contributed by atoms with E-state index < -0.39 is 11.8 Å². The molecule has 1 fully saturated rings. The molecule has 2 N–H and O–H groups in total. The Kier molecular flexibility index (Phi) is 6.47. The van der Waals surface area contributed by atoms with Crippen LogP contribution in [0, 0.1) is 18.7 Å². The van der Waals surface area contributed by atoms with Crippen molar-refractivity contribution in [2.24, 2.45) is 5.92 Å². The number of benzene rings is 1. The molecule has 9 heteroatoms. The van der Waals surface area contributed by atoms with E-state index in [2.05, 4.69) is 16.0 Å². The van der Waals surface area contributed by atoms with Gasteiger partial charge in [-0.05, 0) is 56.4 Å². The number of hydrogen-bond acceptors (Lipinski definition) is 4. The van der Waals surface area contributed by atoms with Crippen molar-refractivity contribution in [3.05, 3.63) is 64.5 Å². The number of nitrogens with one attached hydrogen (secondary N) is 1. The Morgan fingerprint density at radius 1 is 1.31 bits per heavy atom. The van der Waals surface area contributed by atoms with Gasteiger partial charge in [-0.25, -0.2) is 9.37 Å². The van der Waals surface area contributed by atoms with Gasteiger partial charge in [0.2, 0.25) is 0 Å². The van der Waals surface area contributed by atoms with E-state index in [-0.39, 0.29) is 22.9 Å². The maximum Gasteiger partial charge on any atom is 0.306 e. The Morgan fingerprint density at radius 2 is 2.06 bits per heavy atom. The number of methoxy groups -OCH3 is 1. The number of aliphatic carboxylic acids is 1. The Bertz CT molecular complexity index is 1440. The number of nitrogens with zero attached hydrogens (tertiary/aromatic N) is 3. The fraction of sp³-hybridized carbons (Fsp3) is 0.370. The first-order valence-corrected chi connectivity index (χ1v) is 12.4. The number of ether oxygens (including phenoxy) is 1. The molecule has 36 heavy (non-hydrogen) atoms. The van der Waals surface area contributed by atoms with Crippen LogP contribution < -0.4 is 4.74 Å². The molecule has 1 aliphatic carbocycles. The zero-order valence-electron chi connectivity index (χ0n) is 20.4. The number of aryl methyl sites for hydroxylation is 1. The average molecular weight is 511 g/mol. The van der Waals surface area contributed by atoms with Gasteiger partial charge in [0.15, 0.2) is 0 Å². The smallest absolute Gasteiger partial charge is 0.306 e. The summed E-state index contributed by atoms with van der Waals surface area (Å²) < 4.78 is 21.8. The van der Waals surface area contributed by atoms with Crippen LogP contribution in [-0.4, -0.2) is 37.9 Å². The van der Waals surface area contributed by atoms with Gasteiger partial charge in [0, 0.05) is 46.6 Å². The molecule has 1 aliphatic rings. The van der Waals surface area contributed by atoms with E-state index >= 15 is 0 Å². The molecule has 1 aromatic carbocycles. The fourth-order valence-corrected chi connectivity index (χ4v) is 5.67. The highest BCUT2D eigenvalue weighted by Crippen LogP contribution is 2.41. The number of carbonyl (C=O) groups is 1. The van der Waals surface area contributed by atoms with Gasteiger partial charge < -0.3 is 14.8 Å². The average Bonchev–Trinajstić information content (AvgIpc) is 3.48. The number of hydrogen-bond donors (Lipinski definition) is 2. The third-order valence-corrected chi connectivity index (χ3v) is 7.81. The van der Waals surface area contributed by atoms with E-state index in [4.69, 9.17) is 21.4 Å². The summed E-state index contributed by atoms with van der Waals surface area (Å²) in [6.07, 6.45) is 8.65. The number of aromatic nitrogens is 4. The summed E-state index contributed by atoms with van der Waals surface area (Å²) in [7, 11) is 1.54. The van der Waals surface area contributed by atoms with Crippen LogP contribution in [0.3, 0.4) is 0 Å². The molecular weight excluding hydrogens is 483 g/mol. The summed E-state index contributed by atoms with van der Waals surface area (Å²) in [4.78, 5) is 19.1. The Balaban J connectivity index is 1.49. The van der Waals surface area contributed by atoms with Crippen molar-refractivity contribution in [1.82, 2.24) is 19.7 Å². The summed E-state index contributed by atoms with van der Waals surface area (Å²) in [5, 5.41) is 15.0. The quantitative estimate of drug-likeness (QED) is 0.308. The standard InChI is InChI=1S/C27H28ClFN4O3/c1-14(24-23(36-3)9-8-22(29)25(24)28)20-12-31-26-19(20)10-17(11-30-26)21-13-33(32-15(21)2)18-6-4-16(5-7-18)27(34)35/h8-14,16,18H,4-7H2,1-3H3,(H,30,31)(H,34,35)/t14-,16?,18?/m0/s1. The number of H-pyrrole nitrogens is 1. The van der Waals surface area contributed by atoms with Gasteiger partial charge in [-0.1, -0.05) is 18.5 Å². The molecule has 0 radical (unpaired) electrons. The van der Waals surface area contributed by atoms with E-state index in [1.54, 1.807) is 13.2 Å². The molecule has 188 valence electrons. The van der Waals surface area contributed by atoms with E-state index in [1.165, 1.54) is 6.07 Å². The molecule has 0 unspecified atom stereocenters. The van der Waals surface area contributed by atoms with Gasteiger partial charge in [-0.15, -0.1) is 0 Å². The third-order valence-electron chi connectivity index (χ3n) is 7.42. The predicted octanol–water partition coefficient (Wildman–Crippen LogP) is 6.50. The molecule has 4 aromatic rings. The summed E-state index contributed by atoms with van der Waals surface area (Å²) in [6, 6.07) is 5.16. The first-order valence-electron chi connectivity index (χ1n) is 12.1. The van der Waals surface area contributed by atoms with Gasteiger partial charge in [0.1, 0.15) is 17.2 Å². The monoisotopic (exact) mass is 510 g/mol. The Hall–Kier alpha value is -3.39. The summed E-state index contributed by atoms with van der Waals surface area (Å²) in [6.45, 7) is 3.94. The molecule has 3 heterocycles. The van der Waals surface area contributed by atoms with Crippen molar-refractivity contribution >= 4 is 28.6 Å². The van der Waals surface area contributed by atoms with Crippen LogP contribution in [0.15, 0.2) is 36.8 Å². The molecule has 7 nitrogen and oxygen atoms in total. The maximum atomic E-state index is 14.3. The minimum absolute atomic E-state index is 0.0510. The molecule has 0 amide bonds. The van der Waals surface area contributed by atoms with Gasteiger partial charge in [-0.2, -0.15) is 5.10 Å². The van der Waals surface area contributed by atoms with Crippen LogP contribution >= 0.6 is 11.6 Å². The molecule has 3 aromatic heterocycles. The summed E-state index contributed by atoms with van der Waals surface area (Å²) >= 11 is 6.37. The molecule has 1 atom stereocenters. The maximum absolute atomic E-state index is 14.3. The van der Waals surface area contributed by atoms with E-state index in [1.807, 2.05) is 37.1 Å². The van der Waals surface area contributed by atoms with Gasteiger partial charge in [-0.3, -0.25) is 9.48 Å². The molecule has 0 bridgehead atoms. The number of halogens is 2. The number of aromatic amines is 1. The van der Waals surface area contributed by atoms with Crippen LogP contribution in [-0.2, 0) is 4.79 Å². The second kappa shape index (κ2) is 9.58. The first-order chi connectivity index (χ1) is 17.3. The highest BCUT2D eigenvalue weighted by atomic mass is 35.5. The van der Waals surface area contributed by atoms with Crippen LogP contribution in [0.1, 0.15) is 61.4 Å². The zero-order valence-corrected chi connectivity index (χ0v) is 21.1. The van der Waals surface area contributed by atoms with Crippen molar-refractivity contribution in [3.8, 4) is 16.9 Å². The van der Waals surface area contributed by atoms with Crippen LogP contribution in [0.25, 0.3) is 22.2 Å². The molecule has 0 saturated heterocycles. The lowest BCUT2D eigenvalue weighted by atomic mass is 9.86. The summed E-state index contributed by atoms with van der Waals surface area (Å²) in [5.41, 5.74) is 5.04. The fourth-order valence-electron chi connectivity index (χ4n) is 5.35. The first kappa shape index (κ1) is 24.3. The van der Waals surface area contributed by atoms with Crippen molar-refractivity contribution < 1.29 is 19.0 Å². The minimum atomic E-state index is -0.709. The lowest BCUT2D eigenvalue weighted by molar-refractivity contribution is -0.143. The van der Waals surface area contributed by atoms with E-state index in [9.17, 15) is 14.3 Å². The predicted molar refractivity (Wildman–Crippen MR) is 136 cm³/mol.